The fraction of sp³-hybridized carbons (Fsp3) is 0.389. The minimum absolute atomic E-state index is 0.785. The number of benzene rings is 1. The van der Waals surface area contributed by atoms with Gasteiger partial charge in [0.15, 0.2) is 0 Å². The van der Waals surface area contributed by atoms with Crippen LogP contribution in [0.5, 0.6) is 0 Å². The second-order valence-electron chi connectivity index (χ2n) is 5.62. The summed E-state index contributed by atoms with van der Waals surface area (Å²) in [5, 5.41) is 3.35. The second-order valence-corrected chi connectivity index (χ2v) is 5.62. The highest BCUT2D eigenvalue weighted by atomic mass is 14.8. The molecule has 1 saturated carbocycles. The van der Waals surface area contributed by atoms with E-state index in [0.29, 0.717) is 0 Å². The molecule has 0 radical (unpaired) electrons. The van der Waals surface area contributed by atoms with Crippen LogP contribution in [0.25, 0.3) is 11.1 Å². The van der Waals surface area contributed by atoms with Crippen LogP contribution in [-0.4, -0.2) is 11.5 Å². The molecule has 2 aromatic rings. The van der Waals surface area contributed by atoms with Crippen LogP contribution >= 0.6 is 0 Å². The predicted molar refractivity (Wildman–Crippen MR) is 83.6 cm³/mol. The Morgan fingerprint density at radius 2 is 2.05 bits per heavy atom. The Labute approximate surface area is 121 Å². The summed E-state index contributed by atoms with van der Waals surface area (Å²) in [5.41, 5.74) is 5.26. The van der Waals surface area contributed by atoms with Crippen molar-refractivity contribution in [3.8, 4) is 11.1 Å². The summed E-state index contributed by atoms with van der Waals surface area (Å²) in [6, 6.07) is 11.2. The summed E-state index contributed by atoms with van der Waals surface area (Å²) in [6.45, 7) is 4.00. The lowest BCUT2D eigenvalue weighted by Gasteiger charge is -2.26. The highest BCUT2D eigenvalue weighted by molar-refractivity contribution is 5.64. The Balaban J connectivity index is 1.84. The fourth-order valence-corrected chi connectivity index (χ4v) is 2.73. The molecule has 20 heavy (non-hydrogen) atoms. The van der Waals surface area contributed by atoms with Crippen LogP contribution in [0, 0.1) is 0 Å². The maximum atomic E-state index is 4.38. The number of aromatic nitrogens is 1. The topological polar surface area (TPSA) is 24.9 Å². The van der Waals surface area contributed by atoms with Crippen molar-refractivity contribution < 1.29 is 0 Å². The van der Waals surface area contributed by atoms with E-state index in [9.17, 15) is 0 Å². The molecule has 1 aromatic carbocycles. The standard InChI is InChI=1S/C18H22N2/c1-2-19-11-14-9-18(13-20-12-14)17-8-4-7-16(10-17)15-5-3-6-15/h4,7-10,12-13,15,19H,2-3,5-6,11H2,1H3. The number of pyridine rings is 1. The van der Waals surface area contributed by atoms with Crippen LogP contribution in [0.15, 0.2) is 42.7 Å². The Hall–Kier alpha value is -1.67. The number of nitrogens with zero attached hydrogens (tertiary/aromatic N) is 1. The Kier molecular flexibility index (Phi) is 4.12. The van der Waals surface area contributed by atoms with E-state index in [0.717, 1.165) is 19.0 Å². The second kappa shape index (κ2) is 6.19. The van der Waals surface area contributed by atoms with Gasteiger partial charge in [-0.05, 0) is 48.1 Å². The highest BCUT2D eigenvalue weighted by Crippen LogP contribution is 2.37. The average molecular weight is 266 g/mol. The fourth-order valence-electron chi connectivity index (χ4n) is 2.73. The molecular formula is C18H22N2. The van der Waals surface area contributed by atoms with E-state index in [1.165, 1.54) is 41.5 Å². The van der Waals surface area contributed by atoms with Gasteiger partial charge < -0.3 is 5.32 Å². The Morgan fingerprint density at radius 1 is 1.15 bits per heavy atom. The van der Waals surface area contributed by atoms with Crippen molar-refractivity contribution in [1.82, 2.24) is 10.3 Å². The maximum absolute atomic E-state index is 4.38. The minimum atomic E-state index is 0.785. The predicted octanol–water partition coefficient (Wildman–Crippen LogP) is 4.13. The third kappa shape index (κ3) is 2.91. The van der Waals surface area contributed by atoms with Crippen molar-refractivity contribution in [3.05, 3.63) is 53.9 Å². The van der Waals surface area contributed by atoms with Gasteiger partial charge in [0.25, 0.3) is 0 Å². The van der Waals surface area contributed by atoms with Gasteiger partial charge in [0.1, 0.15) is 0 Å². The van der Waals surface area contributed by atoms with E-state index in [1.807, 2.05) is 12.4 Å². The lowest BCUT2D eigenvalue weighted by atomic mass is 9.79. The average Bonchev–Trinajstić information content (AvgIpc) is 2.44. The van der Waals surface area contributed by atoms with E-state index in [4.69, 9.17) is 0 Å². The van der Waals surface area contributed by atoms with Gasteiger partial charge in [-0.3, -0.25) is 4.98 Å². The smallest absolute Gasteiger partial charge is 0.0346 e. The minimum Gasteiger partial charge on any atom is -0.313 e. The lowest BCUT2D eigenvalue weighted by molar-refractivity contribution is 0.420. The molecule has 104 valence electrons. The molecule has 0 spiro atoms. The Bertz CT molecular complexity index is 573. The molecule has 3 rings (SSSR count). The van der Waals surface area contributed by atoms with Crippen molar-refractivity contribution in [2.45, 2.75) is 38.6 Å². The first-order valence-electron chi connectivity index (χ1n) is 7.62. The van der Waals surface area contributed by atoms with Gasteiger partial charge in [0.2, 0.25) is 0 Å². The van der Waals surface area contributed by atoms with Gasteiger partial charge in [-0.15, -0.1) is 0 Å². The number of nitrogens with one attached hydrogen (secondary N) is 1. The molecule has 1 fully saturated rings. The molecule has 1 aliphatic carbocycles. The summed E-state index contributed by atoms with van der Waals surface area (Å²) < 4.78 is 0. The summed E-state index contributed by atoms with van der Waals surface area (Å²) in [7, 11) is 0. The van der Waals surface area contributed by atoms with Crippen LogP contribution < -0.4 is 5.32 Å². The van der Waals surface area contributed by atoms with E-state index < -0.39 is 0 Å². The third-order valence-electron chi connectivity index (χ3n) is 4.17. The summed E-state index contributed by atoms with van der Waals surface area (Å²) in [6.07, 6.45) is 8.00. The van der Waals surface area contributed by atoms with E-state index >= 15 is 0 Å². The van der Waals surface area contributed by atoms with Crippen molar-refractivity contribution >= 4 is 0 Å². The molecule has 0 aliphatic heterocycles. The van der Waals surface area contributed by atoms with Gasteiger partial charge in [0.05, 0.1) is 0 Å². The number of hydrogen-bond donors (Lipinski definition) is 1. The summed E-state index contributed by atoms with van der Waals surface area (Å²) >= 11 is 0. The van der Waals surface area contributed by atoms with Crippen molar-refractivity contribution in [1.29, 1.82) is 0 Å². The Morgan fingerprint density at radius 3 is 2.80 bits per heavy atom. The zero-order valence-corrected chi connectivity index (χ0v) is 12.1. The molecule has 0 bridgehead atoms. The van der Waals surface area contributed by atoms with Gasteiger partial charge in [0, 0.05) is 24.5 Å². The lowest BCUT2D eigenvalue weighted by Crippen LogP contribution is -2.11. The van der Waals surface area contributed by atoms with E-state index in [1.54, 1.807) is 0 Å². The molecule has 1 N–H and O–H groups in total. The first kappa shape index (κ1) is 13.3. The molecule has 1 aromatic heterocycles. The molecule has 0 saturated heterocycles. The molecule has 2 heteroatoms. The van der Waals surface area contributed by atoms with Crippen LogP contribution in [0.1, 0.15) is 43.2 Å². The zero-order chi connectivity index (χ0) is 13.8. The molecule has 0 unspecified atom stereocenters. The maximum Gasteiger partial charge on any atom is 0.0346 e. The molecular weight excluding hydrogens is 244 g/mol. The van der Waals surface area contributed by atoms with Crippen molar-refractivity contribution in [3.63, 3.8) is 0 Å². The first-order valence-corrected chi connectivity index (χ1v) is 7.62. The number of hydrogen-bond acceptors (Lipinski definition) is 2. The zero-order valence-electron chi connectivity index (χ0n) is 12.1. The normalized spacial score (nSPS) is 15.1. The third-order valence-corrected chi connectivity index (χ3v) is 4.17. The quantitative estimate of drug-likeness (QED) is 0.880. The SMILES string of the molecule is CCNCc1cncc(-c2cccc(C3CCC3)c2)c1. The monoisotopic (exact) mass is 266 g/mol. The molecule has 0 atom stereocenters. The van der Waals surface area contributed by atoms with E-state index in [-0.39, 0.29) is 0 Å². The van der Waals surface area contributed by atoms with E-state index in [2.05, 4.69) is 47.6 Å². The summed E-state index contributed by atoms with van der Waals surface area (Å²) in [4.78, 5) is 4.38. The summed E-state index contributed by atoms with van der Waals surface area (Å²) in [5.74, 6) is 0.785. The van der Waals surface area contributed by atoms with Gasteiger partial charge in [-0.25, -0.2) is 0 Å². The van der Waals surface area contributed by atoms with Crippen molar-refractivity contribution in [2.75, 3.05) is 6.54 Å². The van der Waals surface area contributed by atoms with Gasteiger partial charge in [-0.1, -0.05) is 37.6 Å². The number of rotatable bonds is 5. The van der Waals surface area contributed by atoms with Crippen LogP contribution in [0.4, 0.5) is 0 Å². The van der Waals surface area contributed by atoms with Crippen molar-refractivity contribution in [2.24, 2.45) is 0 Å². The molecule has 1 heterocycles. The first-order chi connectivity index (χ1) is 9.86. The van der Waals surface area contributed by atoms with Gasteiger partial charge >= 0.3 is 0 Å². The van der Waals surface area contributed by atoms with Crippen LogP contribution in [0.3, 0.4) is 0 Å². The van der Waals surface area contributed by atoms with Crippen LogP contribution in [-0.2, 0) is 6.54 Å². The largest absolute Gasteiger partial charge is 0.313 e. The van der Waals surface area contributed by atoms with Crippen LogP contribution in [0.2, 0.25) is 0 Å². The van der Waals surface area contributed by atoms with Gasteiger partial charge in [-0.2, -0.15) is 0 Å². The highest BCUT2D eigenvalue weighted by Gasteiger charge is 2.19. The molecule has 2 nitrogen and oxygen atoms in total. The molecule has 0 amide bonds. The molecule has 1 aliphatic rings.